The van der Waals surface area contributed by atoms with Crippen LogP contribution in [0.2, 0.25) is 0 Å². The van der Waals surface area contributed by atoms with Crippen LogP contribution in [0.15, 0.2) is 24.3 Å². The van der Waals surface area contributed by atoms with E-state index < -0.39 is 5.60 Å². The second-order valence-electron chi connectivity index (χ2n) is 7.07. The van der Waals surface area contributed by atoms with Gasteiger partial charge in [0.15, 0.2) is 0 Å². The molecule has 3 nitrogen and oxygen atoms in total. The highest BCUT2D eigenvalue weighted by molar-refractivity contribution is 5.33. The van der Waals surface area contributed by atoms with Crippen LogP contribution in [0, 0.1) is 5.92 Å². The molecule has 1 saturated carbocycles. The van der Waals surface area contributed by atoms with Crippen LogP contribution in [0.1, 0.15) is 31.2 Å². The third-order valence-electron chi connectivity index (χ3n) is 4.37. The first-order valence-corrected chi connectivity index (χ1v) is 7.52. The van der Waals surface area contributed by atoms with E-state index in [4.69, 9.17) is 4.74 Å². The highest BCUT2D eigenvalue weighted by Gasteiger charge is 2.43. The number of nitrogens with zero attached hydrogens (tertiary/aromatic N) is 1. The number of halogens is 1. The van der Waals surface area contributed by atoms with Gasteiger partial charge in [-0.25, -0.2) is 0 Å². The molecule has 0 aliphatic heterocycles. The van der Waals surface area contributed by atoms with Gasteiger partial charge in [-0.3, -0.25) is 0 Å². The summed E-state index contributed by atoms with van der Waals surface area (Å²) in [4.78, 5) is 0. The predicted molar refractivity (Wildman–Crippen MR) is 81.7 cm³/mol. The number of hydrogen-bond acceptors (Lipinski definition) is 2. The number of aliphatic hydroxyl groups is 1. The van der Waals surface area contributed by atoms with Crippen molar-refractivity contribution in [3.63, 3.8) is 0 Å². The van der Waals surface area contributed by atoms with Gasteiger partial charge in [-0.05, 0) is 30.5 Å². The summed E-state index contributed by atoms with van der Waals surface area (Å²) in [6.45, 7) is 0.994. The van der Waals surface area contributed by atoms with Crippen LogP contribution in [0.5, 0.6) is 5.75 Å². The maximum Gasteiger partial charge on any atom is 0.119 e. The molecule has 1 aliphatic rings. The van der Waals surface area contributed by atoms with Crippen molar-refractivity contribution in [3.05, 3.63) is 29.8 Å². The van der Waals surface area contributed by atoms with Crippen molar-refractivity contribution >= 4 is 0 Å². The minimum Gasteiger partial charge on any atom is -1.00 e. The molecule has 1 aliphatic carbocycles. The average Bonchev–Trinajstić information content (AvgIpc) is 2.40. The molecule has 0 bridgehead atoms. The molecule has 0 saturated heterocycles. The van der Waals surface area contributed by atoms with E-state index in [1.165, 1.54) is 6.42 Å². The van der Waals surface area contributed by atoms with Crippen LogP contribution in [-0.4, -0.2) is 44.4 Å². The Labute approximate surface area is 145 Å². The van der Waals surface area contributed by atoms with E-state index in [-0.39, 0.29) is 24.0 Å². The summed E-state index contributed by atoms with van der Waals surface area (Å²) < 4.78 is 6.20. The summed E-state index contributed by atoms with van der Waals surface area (Å²) in [5.74, 6) is 1.13. The lowest BCUT2D eigenvalue weighted by Crippen LogP contribution is -3.00. The van der Waals surface area contributed by atoms with Crippen molar-refractivity contribution in [2.75, 3.05) is 34.8 Å². The van der Waals surface area contributed by atoms with Gasteiger partial charge in [-0.15, -0.1) is 0 Å². The van der Waals surface area contributed by atoms with Crippen LogP contribution in [0.25, 0.3) is 0 Å². The average molecular weight is 405 g/mol. The maximum absolute atomic E-state index is 11.3. The smallest absolute Gasteiger partial charge is 0.119 e. The lowest BCUT2D eigenvalue weighted by Gasteiger charge is -2.43. The minimum absolute atomic E-state index is 0. The summed E-state index contributed by atoms with van der Waals surface area (Å²) in [5.41, 5.74) is 0.299. The number of hydrogen-bond donors (Lipinski definition) is 1. The second kappa shape index (κ2) is 7.29. The van der Waals surface area contributed by atoms with E-state index in [0.29, 0.717) is 5.92 Å². The number of methoxy groups -OCH3 is 1. The Morgan fingerprint density at radius 1 is 1.29 bits per heavy atom. The van der Waals surface area contributed by atoms with Gasteiger partial charge < -0.3 is 38.3 Å². The topological polar surface area (TPSA) is 29.5 Å². The Morgan fingerprint density at radius 3 is 2.62 bits per heavy atom. The molecule has 0 radical (unpaired) electrons. The fraction of sp³-hybridized carbons (Fsp3) is 0.647. The molecular weight excluding hydrogens is 377 g/mol. The van der Waals surface area contributed by atoms with E-state index in [2.05, 4.69) is 21.1 Å². The fourth-order valence-electron chi connectivity index (χ4n) is 3.40. The van der Waals surface area contributed by atoms with Gasteiger partial charge in [0, 0.05) is 5.92 Å². The molecule has 1 aromatic carbocycles. The molecule has 21 heavy (non-hydrogen) atoms. The van der Waals surface area contributed by atoms with E-state index in [9.17, 15) is 5.11 Å². The molecule has 4 heteroatoms. The van der Waals surface area contributed by atoms with E-state index in [1.807, 2.05) is 24.3 Å². The van der Waals surface area contributed by atoms with Crippen molar-refractivity contribution < 1.29 is 38.3 Å². The predicted octanol–water partition coefficient (Wildman–Crippen LogP) is -0.217. The molecule has 0 heterocycles. The highest BCUT2D eigenvalue weighted by Crippen LogP contribution is 2.43. The molecule has 120 valence electrons. The molecule has 1 N–H and O–H groups in total. The summed E-state index contributed by atoms with van der Waals surface area (Å²) in [7, 11) is 8.26. The standard InChI is InChI=1S/C17H28NO2.HI/c1-18(2,3)13-15-8-5-6-11-17(15,19)14-9-7-10-16(12-14)20-4;/h7,9-10,12,15,19H,5-6,8,11,13H2,1-4H3;1H/q+1;/p-1/t15?,17-;/m0./s1. The molecule has 2 rings (SSSR count). The fourth-order valence-corrected chi connectivity index (χ4v) is 3.40. The number of rotatable bonds is 4. The largest absolute Gasteiger partial charge is 1.00 e. The lowest BCUT2D eigenvalue weighted by molar-refractivity contribution is -0.875. The summed E-state index contributed by atoms with van der Waals surface area (Å²) in [6.07, 6.45) is 4.27. The zero-order valence-electron chi connectivity index (χ0n) is 13.6. The van der Waals surface area contributed by atoms with Crippen LogP contribution < -0.4 is 28.7 Å². The van der Waals surface area contributed by atoms with Crippen molar-refractivity contribution in [2.45, 2.75) is 31.3 Å². The van der Waals surface area contributed by atoms with Crippen LogP contribution in [0.4, 0.5) is 0 Å². The zero-order chi connectivity index (χ0) is 14.8. The molecule has 1 unspecified atom stereocenters. The Hall–Kier alpha value is -0.330. The minimum atomic E-state index is -0.710. The van der Waals surface area contributed by atoms with Crippen LogP contribution in [-0.2, 0) is 5.60 Å². The maximum atomic E-state index is 11.3. The molecule has 0 spiro atoms. The Balaban J connectivity index is 0.00000220. The lowest BCUT2D eigenvalue weighted by atomic mass is 9.71. The normalized spacial score (nSPS) is 26.0. The van der Waals surface area contributed by atoms with Gasteiger partial charge in [-0.1, -0.05) is 25.0 Å². The first-order valence-electron chi connectivity index (χ1n) is 7.52. The Kier molecular flexibility index (Phi) is 6.50. The van der Waals surface area contributed by atoms with Crippen molar-refractivity contribution in [3.8, 4) is 5.75 Å². The van der Waals surface area contributed by atoms with Gasteiger partial charge in [0.25, 0.3) is 0 Å². The third-order valence-corrected chi connectivity index (χ3v) is 4.37. The molecule has 0 amide bonds. The van der Waals surface area contributed by atoms with Crippen molar-refractivity contribution in [1.82, 2.24) is 0 Å². The molecule has 1 aromatic rings. The first kappa shape index (κ1) is 18.7. The van der Waals surface area contributed by atoms with Gasteiger partial charge in [0.2, 0.25) is 0 Å². The third kappa shape index (κ3) is 4.57. The summed E-state index contributed by atoms with van der Waals surface area (Å²) in [5, 5.41) is 11.3. The van der Waals surface area contributed by atoms with Crippen LogP contribution >= 0.6 is 0 Å². The number of benzene rings is 1. The Bertz CT molecular complexity index is 458. The first-order chi connectivity index (χ1) is 9.35. The molecule has 0 aromatic heterocycles. The van der Waals surface area contributed by atoms with Crippen molar-refractivity contribution in [2.24, 2.45) is 5.92 Å². The zero-order valence-corrected chi connectivity index (χ0v) is 15.8. The molecular formula is C17H28INO2. The molecule has 1 fully saturated rings. The monoisotopic (exact) mass is 405 g/mol. The second-order valence-corrected chi connectivity index (χ2v) is 7.07. The Morgan fingerprint density at radius 2 is 2.00 bits per heavy atom. The van der Waals surface area contributed by atoms with Crippen molar-refractivity contribution in [1.29, 1.82) is 0 Å². The molecule has 2 atom stereocenters. The van der Waals surface area contributed by atoms with Gasteiger partial charge in [0.1, 0.15) is 5.75 Å². The van der Waals surface area contributed by atoms with Crippen LogP contribution in [0.3, 0.4) is 0 Å². The summed E-state index contributed by atoms with van der Waals surface area (Å²) in [6, 6.07) is 7.94. The van der Waals surface area contributed by atoms with E-state index in [0.717, 1.165) is 41.6 Å². The van der Waals surface area contributed by atoms with Gasteiger partial charge >= 0.3 is 0 Å². The number of ether oxygens (including phenoxy) is 1. The van der Waals surface area contributed by atoms with Gasteiger partial charge in [0.05, 0.1) is 40.4 Å². The summed E-state index contributed by atoms with van der Waals surface area (Å²) >= 11 is 0. The van der Waals surface area contributed by atoms with Gasteiger partial charge in [-0.2, -0.15) is 0 Å². The van der Waals surface area contributed by atoms with E-state index >= 15 is 0 Å². The highest BCUT2D eigenvalue weighted by atomic mass is 127. The quantitative estimate of drug-likeness (QED) is 0.555. The number of quaternary nitrogens is 1. The SMILES string of the molecule is COc1cccc([C@@]2(O)CCCCC2C[N+](C)(C)C)c1.[I-]. The van der Waals surface area contributed by atoms with E-state index in [1.54, 1.807) is 7.11 Å².